The second-order valence-electron chi connectivity index (χ2n) is 4.72. The third-order valence-electron chi connectivity index (χ3n) is 3.31. The van der Waals surface area contributed by atoms with Gasteiger partial charge in [0.15, 0.2) is 0 Å². The van der Waals surface area contributed by atoms with E-state index in [-0.39, 0.29) is 0 Å². The molecule has 2 atom stereocenters. The van der Waals surface area contributed by atoms with Gasteiger partial charge in [-0.05, 0) is 26.0 Å². The number of nitrogens with one attached hydrogen (secondary N) is 2. The lowest BCUT2D eigenvalue weighted by Crippen LogP contribution is -2.43. The molecule has 2 rings (SSSR count). The molecule has 2 N–H and O–H groups in total. The normalized spacial score (nSPS) is 22.4. The van der Waals surface area contributed by atoms with Gasteiger partial charge in [-0.2, -0.15) is 0 Å². The lowest BCUT2D eigenvalue weighted by Gasteiger charge is -2.28. The molecule has 1 heterocycles. The molecule has 3 nitrogen and oxygen atoms in total. The Hall–Kier alpha value is -0.900. The van der Waals surface area contributed by atoms with Crippen LogP contribution in [0.5, 0.6) is 0 Å². The van der Waals surface area contributed by atoms with Crippen molar-refractivity contribution in [3.8, 4) is 0 Å². The predicted octanol–water partition coefficient (Wildman–Crippen LogP) is 1.63. The van der Waals surface area contributed by atoms with Crippen LogP contribution in [-0.4, -0.2) is 32.8 Å². The molecule has 1 fully saturated rings. The summed E-state index contributed by atoms with van der Waals surface area (Å²) in [6.07, 6.45) is 1.07. The molecule has 2 unspecified atom stereocenters. The third kappa shape index (κ3) is 3.53. The van der Waals surface area contributed by atoms with Gasteiger partial charge in [-0.3, -0.25) is 0 Å². The van der Waals surface area contributed by atoms with Gasteiger partial charge in [0.05, 0.1) is 13.2 Å². The lowest BCUT2D eigenvalue weighted by molar-refractivity contribution is 0.0708. The molecular formula is C14H22N2O. The molecular weight excluding hydrogens is 212 g/mol. The number of hydrogen-bond acceptors (Lipinski definition) is 3. The summed E-state index contributed by atoms with van der Waals surface area (Å²) in [5.41, 5.74) is 2.68. The van der Waals surface area contributed by atoms with Crippen molar-refractivity contribution in [2.75, 3.05) is 26.8 Å². The zero-order chi connectivity index (χ0) is 12.1. The molecule has 0 aliphatic carbocycles. The van der Waals surface area contributed by atoms with E-state index in [2.05, 4.69) is 41.8 Å². The van der Waals surface area contributed by atoms with Crippen molar-refractivity contribution in [3.05, 3.63) is 35.4 Å². The molecule has 1 saturated heterocycles. The Balaban J connectivity index is 2.00. The SMILES string of the molecule is CNC(CC1COCCN1)c1cccc(C)c1. The number of hydrogen-bond donors (Lipinski definition) is 2. The Bertz CT molecular complexity index is 348. The van der Waals surface area contributed by atoms with Crippen LogP contribution in [0, 0.1) is 6.92 Å². The van der Waals surface area contributed by atoms with E-state index in [9.17, 15) is 0 Å². The van der Waals surface area contributed by atoms with Crippen LogP contribution in [0.1, 0.15) is 23.6 Å². The van der Waals surface area contributed by atoms with Crippen LogP contribution in [0.25, 0.3) is 0 Å². The van der Waals surface area contributed by atoms with E-state index in [1.165, 1.54) is 11.1 Å². The largest absolute Gasteiger partial charge is 0.379 e. The molecule has 17 heavy (non-hydrogen) atoms. The van der Waals surface area contributed by atoms with Gasteiger partial charge < -0.3 is 15.4 Å². The van der Waals surface area contributed by atoms with Crippen LogP contribution < -0.4 is 10.6 Å². The van der Waals surface area contributed by atoms with Crippen molar-refractivity contribution < 1.29 is 4.74 Å². The second-order valence-corrected chi connectivity index (χ2v) is 4.72. The van der Waals surface area contributed by atoms with Crippen LogP contribution in [0.3, 0.4) is 0 Å². The molecule has 0 spiro atoms. The van der Waals surface area contributed by atoms with E-state index >= 15 is 0 Å². The zero-order valence-corrected chi connectivity index (χ0v) is 10.7. The van der Waals surface area contributed by atoms with Crippen molar-refractivity contribution in [1.29, 1.82) is 0 Å². The maximum Gasteiger partial charge on any atom is 0.0620 e. The summed E-state index contributed by atoms with van der Waals surface area (Å²) in [7, 11) is 2.02. The van der Waals surface area contributed by atoms with E-state index < -0.39 is 0 Å². The van der Waals surface area contributed by atoms with Gasteiger partial charge in [0.25, 0.3) is 0 Å². The van der Waals surface area contributed by atoms with Crippen molar-refractivity contribution in [1.82, 2.24) is 10.6 Å². The molecule has 0 aromatic heterocycles. The van der Waals surface area contributed by atoms with Gasteiger partial charge in [0, 0.05) is 18.6 Å². The molecule has 1 aromatic rings. The highest BCUT2D eigenvalue weighted by atomic mass is 16.5. The van der Waals surface area contributed by atoms with Gasteiger partial charge in [0.1, 0.15) is 0 Å². The molecule has 94 valence electrons. The average Bonchev–Trinajstić information content (AvgIpc) is 2.37. The molecule has 0 radical (unpaired) electrons. The van der Waals surface area contributed by atoms with E-state index in [4.69, 9.17) is 4.74 Å². The molecule has 0 bridgehead atoms. The van der Waals surface area contributed by atoms with Crippen LogP contribution in [-0.2, 0) is 4.74 Å². The first-order valence-corrected chi connectivity index (χ1v) is 6.34. The van der Waals surface area contributed by atoms with Crippen LogP contribution in [0.4, 0.5) is 0 Å². The Kier molecular flexibility index (Phi) is 4.54. The number of morpholine rings is 1. The summed E-state index contributed by atoms with van der Waals surface area (Å²) >= 11 is 0. The fourth-order valence-electron chi connectivity index (χ4n) is 2.36. The first-order chi connectivity index (χ1) is 8.29. The van der Waals surface area contributed by atoms with Gasteiger partial charge in [-0.25, -0.2) is 0 Å². The number of ether oxygens (including phenoxy) is 1. The maximum atomic E-state index is 5.50. The highest BCUT2D eigenvalue weighted by Gasteiger charge is 2.18. The van der Waals surface area contributed by atoms with E-state index in [0.29, 0.717) is 12.1 Å². The van der Waals surface area contributed by atoms with Crippen LogP contribution in [0.15, 0.2) is 24.3 Å². The first-order valence-electron chi connectivity index (χ1n) is 6.34. The van der Waals surface area contributed by atoms with Crippen molar-refractivity contribution in [3.63, 3.8) is 0 Å². The third-order valence-corrected chi connectivity index (χ3v) is 3.31. The van der Waals surface area contributed by atoms with Crippen molar-refractivity contribution in [2.24, 2.45) is 0 Å². The zero-order valence-electron chi connectivity index (χ0n) is 10.7. The van der Waals surface area contributed by atoms with Crippen LogP contribution >= 0.6 is 0 Å². The highest BCUT2D eigenvalue weighted by Crippen LogP contribution is 2.20. The maximum absolute atomic E-state index is 5.50. The Morgan fingerprint density at radius 3 is 3.06 bits per heavy atom. The molecule has 1 aliphatic rings. The van der Waals surface area contributed by atoms with Crippen molar-refractivity contribution >= 4 is 0 Å². The lowest BCUT2D eigenvalue weighted by atomic mass is 9.98. The Morgan fingerprint density at radius 2 is 2.41 bits per heavy atom. The average molecular weight is 234 g/mol. The van der Waals surface area contributed by atoms with Gasteiger partial charge in [0.2, 0.25) is 0 Å². The molecule has 0 amide bonds. The topological polar surface area (TPSA) is 33.3 Å². The number of aryl methyl sites for hydroxylation is 1. The van der Waals surface area contributed by atoms with Gasteiger partial charge in [-0.1, -0.05) is 29.8 Å². The Morgan fingerprint density at radius 1 is 1.53 bits per heavy atom. The second kappa shape index (κ2) is 6.15. The molecule has 0 saturated carbocycles. The fraction of sp³-hybridized carbons (Fsp3) is 0.571. The smallest absolute Gasteiger partial charge is 0.0620 e. The monoisotopic (exact) mass is 234 g/mol. The highest BCUT2D eigenvalue weighted by molar-refractivity contribution is 5.25. The van der Waals surface area contributed by atoms with E-state index in [0.717, 1.165) is 26.2 Å². The number of rotatable bonds is 4. The minimum absolute atomic E-state index is 0.397. The molecule has 1 aliphatic heterocycles. The molecule has 3 heteroatoms. The van der Waals surface area contributed by atoms with Gasteiger partial charge >= 0.3 is 0 Å². The fourth-order valence-corrected chi connectivity index (χ4v) is 2.36. The van der Waals surface area contributed by atoms with Gasteiger partial charge in [-0.15, -0.1) is 0 Å². The summed E-state index contributed by atoms with van der Waals surface area (Å²) < 4.78 is 5.50. The summed E-state index contributed by atoms with van der Waals surface area (Å²) in [5, 5.41) is 6.90. The first kappa shape index (κ1) is 12.6. The standard InChI is InChI=1S/C14H22N2O/c1-11-4-3-5-12(8-11)14(15-2)9-13-10-17-7-6-16-13/h3-5,8,13-16H,6-7,9-10H2,1-2H3. The van der Waals surface area contributed by atoms with Crippen LogP contribution in [0.2, 0.25) is 0 Å². The summed E-state index contributed by atoms with van der Waals surface area (Å²) in [6, 6.07) is 9.57. The van der Waals surface area contributed by atoms with Crippen molar-refractivity contribution in [2.45, 2.75) is 25.4 Å². The quantitative estimate of drug-likeness (QED) is 0.831. The minimum Gasteiger partial charge on any atom is -0.379 e. The Labute approximate surface area is 104 Å². The summed E-state index contributed by atoms with van der Waals surface area (Å²) in [4.78, 5) is 0. The minimum atomic E-state index is 0.397. The molecule has 1 aromatic carbocycles. The summed E-state index contributed by atoms with van der Waals surface area (Å²) in [6.45, 7) is 4.77. The predicted molar refractivity (Wildman–Crippen MR) is 70.2 cm³/mol. The van der Waals surface area contributed by atoms with E-state index in [1.807, 2.05) is 7.05 Å². The summed E-state index contributed by atoms with van der Waals surface area (Å²) in [5.74, 6) is 0. The number of benzene rings is 1. The van der Waals surface area contributed by atoms with E-state index in [1.54, 1.807) is 0 Å².